The Morgan fingerprint density at radius 3 is 2.30 bits per heavy atom. The zero-order valence-corrected chi connectivity index (χ0v) is 16.7. The van der Waals surface area contributed by atoms with Crippen LogP contribution in [0.2, 0.25) is 0 Å². The summed E-state index contributed by atoms with van der Waals surface area (Å²) in [7, 11) is 2.15. The summed E-state index contributed by atoms with van der Waals surface area (Å²) in [4.78, 5) is 17.1. The molecule has 2 aromatic rings. The number of hydrogen-bond acceptors (Lipinski definition) is 4. The van der Waals surface area contributed by atoms with Gasteiger partial charge in [-0.1, -0.05) is 6.07 Å². The number of carbonyl (C=O) groups excluding carboxylic acids is 1. The number of hydrogen-bond donors (Lipinski definition) is 1. The molecule has 0 bridgehead atoms. The average molecular weight is 367 g/mol. The van der Waals surface area contributed by atoms with E-state index in [0.29, 0.717) is 5.75 Å². The monoisotopic (exact) mass is 367 g/mol. The maximum Gasteiger partial charge on any atom is 0.265 e. The van der Waals surface area contributed by atoms with Crippen molar-refractivity contribution < 1.29 is 9.53 Å². The van der Waals surface area contributed by atoms with Crippen LogP contribution in [0.15, 0.2) is 42.5 Å². The Labute approximate surface area is 161 Å². The van der Waals surface area contributed by atoms with E-state index in [1.807, 2.05) is 37.3 Å². The number of aryl methyl sites for hydroxylation is 2. The summed E-state index contributed by atoms with van der Waals surface area (Å²) >= 11 is 0. The van der Waals surface area contributed by atoms with Crippen molar-refractivity contribution in [1.29, 1.82) is 0 Å². The molecular formula is C22H29N3O2. The molecular weight excluding hydrogens is 338 g/mol. The lowest BCUT2D eigenvalue weighted by atomic mass is 10.1. The normalized spacial score (nSPS) is 16.1. The van der Waals surface area contributed by atoms with Crippen molar-refractivity contribution in [2.75, 3.05) is 43.4 Å². The Balaban J connectivity index is 1.56. The summed E-state index contributed by atoms with van der Waals surface area (Å²) in [5.41, 5.74) is 4.34. The second-order valence-corrected chi connectivity index (χ2v) is 7.33. The zero-order valence-electron chi connectivity index (χ0n) is 16.7. The van der Waals surface area contributed by atoms with Crippen LogP contribution in [0.4, 0.5) is 11.4 Å². The molecule has 1 saturated heterocycles. The number of ether oxygens (including phenoxy) is 1. The molecule has 1 aliphatic rings. The number of nitrogens with one attached hydrogen (secondary N) is 1. The molecule has 1 heterocycles. The maximum atomic E-state index is 12.4. The van der Waals surface area contributed by atoms with Crippen molar-refractivity contribution in [3.05, 3.63) is 53.6 Å². The molecule has 0 aromatic heterocycles. The summed E-state index contributed by atoms with van der Waals surface area (Å²) in [5, 5.41) is 2.93. The van der Waals surface area contributed by atoms with E-state index in [1.165, 1.54) is 11.3 Å². The molecule has 0 spiro atoms. The fourth-order valence-electron chi connectivity index (χ4n) is 3.11. The van der Waals surface area contributed by atoms with E-state index in [9.17, 15) is 4.79 Å². The van der Waals surface area contributed by atoms with Crippen molar-refractivity contribution in [1.82, 2.24) is 4.90 Å². The lowest BCUT2D eigenvalue weighted by molar-refractivity contribution is -0.122. The third-order valence-electron chi connectivity index (χ3n) is 5.16. The van der Waals surface area contributed by atoms with Gasteiger partial charge in [-0.15, -0.1) is 0 Å². The first-order valence-corrected chi connectivity index (χ1v) is 9.51. The van der Waals surface area contributed by atoms with Gasteiger partial charge in [0, 0.05) is 37.6 Å². The van der Waals surface area contributed by atoms with E-state index in [1.54, 1.807) is 6.92 Å². The zero-order chi connectivity index (χ0) is 19.4. The molecule has 1 fully saturated rings. The van der Waals surface area contributed by atoms with Crippen LogP contribution >= 0.6 is 0 Å². The number of carbonyl (C=O) groups is 1. The standard InChI is InChI=1S/C22H29N3O2/c1-16-5-10-21(15-17(16)2)27-18(3)22(26)23-19-6-8-20(9-7-19)25-13-11-24(4)12-14-25/h5-10,15,18H,11-14H2,1-4H3,(H,23,26)/t18-/m1/s1. The van der Waals surface area contributed by atoms with Gasteiger partial charge in [-0.05, 0) is 75.3 Å². The Morgan fingerprint density at radius 2 is 1.67 bits per heavy atom. The van der Waals surface area contributed by atoms with E-state index in [-0.39, 0.29) is 5.91 Å². The molecule has 1 atom stereocenters. The Bertz CT molecular complexity index is 781. The number of anilines is 2. The fourth-order valence-corrected chi connectivity index (χ4v) is 3.11. The Kier molecular flexibility index (Phi) is 6.01. The largest absolute Gasteiger partial charge is 0.481 e. The quantitative estimate of drug-likeness (QED) is 0.879. The molecule has 5 nitrogen and oxygen atoms in total. The van der Waals surface area contributed by atoms with Crippen LogP contribution in [0.5, 0.6) is 5.75 Å². The molecule has 0 aliphatic carbocycles. The Hall–Kier alpha value is -2.53. The molecule has 5 heteroatoms. The van der Waals surface area contributed by atoms with Gasteiger partial charge >= 0.3 is 0 Å². The topological polar surface area (TPSA) is 44.8 Å². The first kappa shape index (κ1) is 19.2. The van der Waals surface area contributed by atoms with Crippen molar-refractivity contribution in [2.45, 2.75) is 26.9 Å². The minimum atomic E-state index is -0.565. The van der Waals surface area contributed by atoms with Gasteiger partial charge in [0.05, 0.1) is 0 Å². The highest BCUT2D eigenvalue weighted by Crippen LogP contribution is 2.21. The van der Waals surface area contributed by atoms with Crippen LogP contribution in [0.25, 0.3) is 0 Å². The van der Waals surface area contributed by atoms with E-state index < -0.39 is 6.10 Å². The molecule has 2 aromatic carbocycles. The SMILES string of the molecule is Cc1ccc(O[C@H](C)C(=O)Nc2ccc(N3CCN(C)CC3)cc2)cc1C. The van der Waals surface area contributed by atoms with E-state index in [0.717, 1.165) is 37.4 Å². The van der Waals surface area contributed by atoms with Crippen LogP contribution in [-0.2, 0) is 4.79 Å². The molecule has 1 aliphatic heterocycles. The van der Waals surface area contributed by atoms with Gasteiger partial charge in [-0.2, -0.15) is 0 Å². The molecule has 1 N–H and O–H groups in total. The molecule has 0 saturated carbocycles. The van der Waals surface area contributed by atoms with E-state index >= 15 is 0 Å². The van der Waals surface area contributed by atoms with Gasteiger partial charge in [0.2, 0.25) is 0 Å². The van der Waals surface area contributed by atoms with Gasteiger partial charge in [0.15, 0.2) is 6.10 Å². The highest BCUT2D eigenvalue weighted by Gasteiger charge is 2.17. The lowest BCUT2D eigenvalue weighted by Gasteiger charge is -2.34. The number of rotatable bonds is 5. The van der Waals surface area contributed by atoms with Crippen molar-refractivity contribution >= 4 is 17.3 Å². The summed E-state index contributed by atoms with van der Waals surface area (Å²) < 4.78 is 5.79. The van der Waals surface area contributed by atoms with Gasteiger partial charge in [0.1, 0.15) is 5.75 Å². The molecule has 144 valence electrons. The van der Waals surface area contributed by atoms with E-state index in [2.05, 4.69) is 41.2 Å². The number of amides is 1. The van der Waals surface area contributed by atoms with Crippen molar-refractivity contribution in [3.63, 3.8) is 0 Å². The fraction of sp³-hybridized carbons (Fsp3) is 0.409. The van der Waals surface area contributed by atoms with Gasteiger partial charge < -0.3 is 19.9 Å². The summed E-state index contributed by atoms with van der Waals surface area (Å²) in [6.45, 7) is 10.1. The Morgan fingerprint density at radius 1 is 1.00 bits per heavy atom. The predicted octanol–water partition coefficient (Wildman–Crippen LogP) is 3.46. The van der Waals surface area contributed by atoms with Crippen LogP contribution in [0.1, 0.15) is 18.1 Å². The number of nitrogens with zero attached hydrogens (tertiary/aromatic N) is 2. The smallest absolute Gasteiger partial charge is 0.265 e. The molecule has 3 rings (SSSR count). The maximum absolute atomic E-state index is 12.4. The second kappa shape index (κ2) is 8.44. The predicted molar refractivity (Wildman–Crippen MR) is 111 cm³/mol. The summed E-state index contributed by atoms with van der Waals surface area (Å²) in [6.07, 6.45) is -0.565. The molecule has 0 unspecified atom stereocenters. The number of likely N-dealkylation sites (N-methyl/N-ethyl adjacent to an activating group) is 1. The highest BCUT2D eigenvalue weighted by atomic mass is 16.5. The number of benzene rings is 2. The van der Waals surface area contributed by atoms with E-state index in [4.69, 9.17) is 4.74 Å². The van der Waals surface area contributed by atoms with Crippen LogP contribution in [0.3, 0.4) is 0 Å². The highest BCUT2D eigenvalue weighted by molar-refractivity contribution is 5.94. The second-order valence-electron chi connectivity index (χ2n) is 7.33. The molecule has 1 amide bonds. The van der Waals surface area contributed by atoms with Crippen molar-refractivity contribution in [3.8, 4) is 5.75 Å². The minimum absolute atomic E-state index is 0.152. The van der Waals surface area contributed by atoms with Gasteiger partial charge in [-0.25, -0.2) is 0 Å². The first-order valence-electron chi connectivity index (χ1n) is 9.51. The molecule has 0 radical (unpaired) electrons. The van der Waals surface area contributed by atoms with Crippen LogP contribution in [-0.4, -0.2) is 50.1 Å². The van der Waals surface area contributed by atoms with Gasteiger partial charge in [0.25, 0.3) is 5.91 Å². The van der Waals surface area contributed by atoms with Crippen molar-refractivity contribution in [2.24, 2.45) is 0 Å². The molecule has 27 heavy (non-hydrogen) atoms. The first-order chi connectivity index (χ1) is 12.9. The minimum Gasteiger partial charge on any atom is -0.481 e. The lowest BCUT2D eigenvalue weighted by Crippen LogP contribution is -2.44. The third-order valence-corrected chi connectivity index (χ3v) is 5.16. The van der Waals surface area contributed by atoms with Gasteiger partial charge in [-0.3, -0.25) is 4.79 Å². The average Bonchev–Trinajstić information content (AvgIpc) is 2.66. The summed E-state index contributed by atoms with van der Waals surface area (Å²) in [6, 6.07) is 13.9. The number of piperazine rings is 1. The summed E-state index contributed by atoms with van der Waals surface area (Å²) in [5.74, 6) is 0.562. The van der Waals surface area contributed by atoms with Crippen LogP contribution in [0, 0.1) is 13.8 Å². The third kappa shape index (κ3) is 5.01. The van der Waals surface area contributed by atoms with Crippen LogP contribution < -0.4 is 15.0 Å².